The number of hydrogen-bond donors (Lipinski definition) is 3. The smallest absolute Gasteiger partial charge is 0.300 e. The standard InChI is InChI=1S/3C2H4O2.C2H5.Ti/c3*1-2(3)4;1-2;/h3*1H3,(H,3,4);1H2,2H3;/q;;;-1;. The van der Waals surface area contributed by atoms with Crippen molar-refractivity contribution in [1.82, 2.24) is 0 Å². The maximum atomic E-state index is 9.00. The van der Waals surface area contributed by atoms with Gasteiger partial charge in [0, 0.05) is 42.5 Å². The van der Waals surface area contributed by atoms with E-state index < -0.39 is 17.9 Å². The molecule has 0 fully saturated rings. The van der Waals surface area contributed by atoms with Crippen LogP contribution in [0, 0.1) is 6.92 Å². The molecule has 90 valence electrons. The van der Waals surface area contributed by atoms with E-state index in [9.17, 15) is 0 Å². The second-order valence-electron chi connectivity index (χ2n) is 1.56. The Balaban J connectivity index is -0.0000000298. The Kier molecular flexibility index (Phi) is 56.9. The Bertz CT molecular complexity index is 117. The van der Waals surface area contributed by atoms with E-state index in [0.717, 1.165) is 20.8 Å². The van der Waals surface area contributed by atoms with Crippen LogP contribution in [-0.4, -0.2) is 33.2 Å². The molecule has 0 rings (SSSR count). The summed E-state index contributed by atoms with van der Waals surface area (Å²) >= 11 is 0. The monoisotopic (exact) mass is 257 g/mol. The van der Waals surface area contributed by atoms with E-state index in [0.29, 0.717) is 0 Å². The predicted molar refractivity (Wildman–Crippen MR) is 51.0 cm³/mol. The van der Waals surface area contributed by atoms with E-state index in [-0.39, 0.29) is 21.7 Å². The first kappa shape index (κ1) is 29.2. The number of carbonyl (C=O) groups is 3. The summed E-state index contributed by atoms with van der Waals surface area (Å²) < 4.78 is 0. The molecule has 6 nitrogen and oxygen atoms in total. The van der Waals surface area contributed by atoms with Crippen molar-refractivity contribution in [2.45, 2.75) is 27.7 Å². The van der Waals surface area contributed by atoms with Gasteiger partial charge in [0.25, 0.3) is 17.9 Å². The van der Waals surface area contributed by atoms with E-state index in [2.05, 4.69) is 6.92 Å². The Morgan fingerprint density at radius 2 is 0.733 bits per heavy atom. The van der Waals surface area contributed by atoms with Crippen LogP contribution < -0.4 is 0 Å². The molecular weight excluding hydrogens is 240 g/mol. The van der Waals surface area contributed by atoms with E-state index in [1.807, 2.05) is 0 Å². The van der Waals surface area contributed by atoms with Gasteiger partial charge in [-0.1, -0.05) is 0 Å². The van der Waals surface area contributed by atoms with Gasteiger partial charge in [0.1, 0.15) is 0 Å². The van der Waals surface area contributed by atoms with Gasteiger partial charge < -0.3 is 22.2 Å². The molecule has 0 heterocycles. The molecule has 0 atom stereocenters. The zero-order valence-corrected chi connectivity index (χ0v) is 10.8. The first-order valence-electron chi connectivity index (χ1n) is 3.49. The van der Waals surface area contributed by atoms with Crippen LogP contribution in [0.3, 0.4) is 0 Å². The van der Waals surface area contributed by atoms with Gasteiger partial charge in [0.15, 0.2) is 0 Å². The maximum absolute atomic E-state index is 9.00. The SMILES string of the molecule is CC(=O)O.CC(=O)O.CC(=O)O.[CH2-]C.[Ti]. The molecule has 0 saturated heterocycles. The van der Waals surface area contributed by atoms with E-state index >= 15 is 0 Å². The molecule has 0 aliphatic heterocycles. The Hall–Kier alpha value is -0.876. The molecule has 15 heavy (non-hydrogen) atoms. The third-order valence-corrected chi connectivity index (χ3v) is 0. The fourth-order valence-corrected chi connectivity index (χ4v) is 0. The minimum absolute atomic E-state index is 0. The van der Waals surface area contributed by atoms with Gasteiger partial charge in [-0.2, -0.15) is 6.92 Å². The van der Waals surface area contributed by atoms with Gasteiger partial charge in [0.05, 0.1) is 0 Å². The molecule has 7 heteroatoms. The van der Waals surface area contributed by atoms with Crippen LogP contribution in [0.2, 0.25) is 0 Å². The van der Waals surface area contributed by atoms with Crippen molar-refractivity contribution < 1.29 is 51.4 Å². The Morgan fingerprint density at radius 3 is 0.733 bits per heavy atom. The van der Waals surface area contributed by atoms with Crippen LogP contribution in [0.15, 0.2) is 0 Å². The third-order valence-electron chi connectivity index (χ3n) is 0. The first-order valence-corrected chi connectivity index (χ1v) is 3.49. The molecule has 0 unspecified atom stereocenters. The molecule has 0 aromatic rings. The average Bonchev–Trinajstić information content (AvgIpc) is 1.86. The molecule has 0 bridgehead atoms. The quantitative estimate of drug-likeness (QED) is 0.442. The van der Waals surface area contributed by atoms with Gasteiger partial charge in [-0.25, -0.2) is 0 Å². The fraction of sp³-hybridized carbons (Fsp3) is 0.500. The van der Waals surface area contributed by atoms with Crippen molar-refractivity contribution in [1.29, 1.82) is 0 Å². The summed E-state index contributed by atoms with van der Waals surface area (Å²) in [6.45, 7) is 8.25. The number of hydrogen-bond acceptors (Lipinski definition) is 3. The molecule has 0 saturated carbocycles. The largest absolute Gasteiger partial charge is 0.481 e. The Labute approximate surface area is 104 Å². The van der Waals surface area contributed by atoms with Crippen LogP contribution in [-0.2, 0) is 36.1 Å². The fourth-order valence-electron chi connectivity index (χ4n) is 0. The van der Waals surface area contributed by atoms with Gasteiger partial charge in [-0.3, -0.25) is 14.4 Å². The molecular formula is C8H17O6Ti-. The molecule has 0 aliphatic rings. The van der Waals surface area contributed by atoms with Crippen LogP contribution in [0.4, 0.5) is 0 Å². The van der Waals surface area contributed by atoms with E-state index in [4.69, 9.17) is 29.7 Å². The summed E-state index contributed by atoms with van der Waals surface area (Å²) in [7, 11) is 0. The molecule has 0 aliphatic carbocycles. The normalized spacial score (nSPS) is 5.40. The van der Waals surface area contributed by atoms with Crippen molar-refractivity contribution in [2.75, 3.05) is 0 Å². The molecule has 0 radical (unpaired) electrons. The summed E-state index contributed by atoms with van der Waals surface area (Å²) in [4.78, 5) is 27.0. The average molecular weight is 257 g/mol. The maximum Gasteiger partial charge on any atom is 0.300 e. The number of rotatable bonds is 0. The minimum Gasteiger partial charge on any atom is -0.481 e. The Morgan fingerprint density at radius 1 is 0.733 bits per heavy atom. The second-order valence-corrected chi connectivity index (χ2v) is 1.56. The zero-order chi connectivity index (χ0) is 12.7. The van der Waals surface area contributed by atoms with E-state index in [1.165, 1.54) is 0 Å². The van der Waals surface area contributed by atoms with Gasteiger partial charge in [-0.05, 0) is 0 Å². The molecule has 3 N–H and O–H groups in total. The summed E-state index contributed by atoms with van der Waals surface area (Å²) in [6, 6.07) is 0. The molecule has 0 spiro atoms. The number of carboxylic acid groups (broad SMARTS) is 3. The summed E-state index contributed by atoms with van der Waals surface area (Å²) in [5.41, 5.74) is 0. The van der Waals surface area contributed by atoms with E-state index in [1.54, 1.807) is 6.92 Å². The van der Waals surface area contributed by atoms with Crippen LogP contribution in [0.1, 0.15) is 27.7 Å². The van der Waals surface area contributed by atoms with Crippen molar-refractivity contribution in [3.63, 3.8) is 0 Å². The second kappa shape index (κ2) is 29.2. The summed E-state index contributed by atoms with van der Waals surface area (Å²) in [6.07, 6.45) is 0. The summed E-state index contributed by atoms with van der Waals surface area (Å²) in [5, 5.41) is 22.2. The molecule has 0 aromatic heterocycles. The third kappa shape index (κ3) is 2120. The van der Waals surface area contributed by atoms with Crippen molar-refractivity contribution in [2.24, 2.45) is 0 Å². The van der Waals surface area contributed by atoms with Crippen LogP contribution in [0.5, 0.6) is 0 Å². The number of aliphatic carboxylic acids is 3. The molecule has 0 amide bonds. The van der Waals surface area contributed by atoms with Gasteiger partial charge in [0.2, 0.25) is 0 Å². The number of carboxylic acids is 3. The van der Waals surface area contributed by atoms with Crippen molar-refractivity contribution >= 4 is 17.9 Å². The molecule has 0 aromatic carbocycles. The van der Waals surface area contributed by atoms with Crippen molar-refractivity contribution in [3.05, 3.63) is 6.92 Å². The predicted octanol–water partition coefficient (Wildman–Crippen LogP) is 1.11. The zero-order valence-electron chi connectivity index (χ0n) is 9.27. The first-order chi connectivity index (χ1) is 6.20. The van der Waals surface area contributed by atoms with Gasteiger partial charge in [-0.15, -0.1) is 0 Å². The van der Waals surface area contributed by atoms with Gasteiger partial charge >= 0.3 is 0 Å². The topological polar surface area (TPSA) is 112 Å². The summed E-state index contributed by atoms with van der Waals surface area (Å²) in [5.74, 6) is -2.50. The van der Waals surface area contributed by atoms with Crippen LogP contribution in [0.25, 0.3) is 0 Å². The van der Waals surface area contributed by atoms with Crippen molar-refractivity contribution in [3.8, 4) is 0 Å². The van der Waals surface area contributed by atoms with Crippen LogP contribution >= 0.6 is 0 Å². The minimum atomic E-state index is -0.833.